The van der Waals surface area contributed by atoms with Crippen molar-refractivity contribution in [1.29, 1.82) is 0 Å². The third kappa shape index (κ3) is 1.69. The maximum atomic E-state index is 11.8. The molecule has 0 spiro atoms. The highest BCUT2D eigenvalue weighted by molar-refractivity contribution is 7.99. The smallest absolute Gasteiger partial charge is 0.254 e. The number of hydrogen-bond acceptors (Lipinski definition) is 3. The van der Waals surface area contributed by atoms with Crippen molar-refractivity contribution in [1.82, 2.24) is 9.55 Å². The third-order valence-electron chi connectivity index (χ3n) is 3.05. The fraction of sp³-hybridized carbons (Fsp3) is 0.231. The topological polar surface area (TPSA) is 34.9 Å². The Morgan fingerprint density at radius 3 is 2.71 bits per heavy atom. The zero-order valence-electron chi connectivity index (χ0n) is 9.41. The van der Waals surface area contributed by atoms with Gasteiger partial charge in [0.05, 0.1) is 11.3 Å². The molecule has 1 aromatic carbocycles. The minimum atomic E-state index is 0.0356. The summed E-state index contributed by atoms with van der Waals surface area (Å²) in [4.78, 5) is 16.1. The molecule has 2 atom stereocenters. The van der Waals surface area contributed by atoms with Gasteiger partial charge in [0.15, 0.2) is 5.16 Å². The van der Waals surface area contributed by atoms with Crippen LogP contribution in [0.5, 0.6) is 0 Å². The predicted octanol–water partition coefficient (Wildman–Crippen LogP) is 2.65. The molecule has 0 fully saturated rings. The van der Waals surface area contributed by atoms with Gasteiger partial charge in [0.25, 0.3) is 5.56 Å². The van der Waals surface area contributed by atoms with Crippen molar-refractivity contribution in [3.05, 3.63) is 58.5 Å². The maximum absolute atomic E-state index is 11.8. The number of aromatic nitrogens is 2. The van der Waals surface area contributed by atoms with Crippen LogP contribution in [0, 0.1) is 0 Å². The lowest BCUT2D eigenvalue weighted by molar-refractivity contribution is 0.494. The summed E-state index contributed by atoms with van der Waals surface area (Å²) in [5.74, 6) is 0. The first-order valence-electron chi connectivity index (χ1n) is 5.56. The SMILES string of the molecule is CC1C(c2ccccc2)Sc2nccc(=O)n21. The van der Waals surface area contributed by atoms with Crippen LogP contribution in [0.1, 0.15) is 23.8 Å². The minimum absolute atomic E-state index is 0.0356. The second-order valence-electron chi connectivity index (χ2n) is 4.13. The van der Waals surface area contributed by atoms with E-state index >= 15 is 0 Å². The Balaban J connectivity index is 2.05. The summed E-state index contributed by atoms with van der Waals surface area (Å²) >= 11 is 1.66. The van der Waals surface area contributed by atoms with E-state index in [2.05, 4.69) is 24.0 Å². The Morgan fingerprint density at radius 2 is 2.00 bits per heavy atom. The molecule has 0 saturated heterocycles. The lowest BCUT2D eigenvalue weighted by Crippen LogP contribution is -2.22. The molecule has 86 valence electrons. The molecule has 17 heavy (non-hydrogen) atoms. The summed E-state index contributed by atoms with van der Waals surface area (Å²) in [5.41, 5.74) is 1.28. The van der Waals surface area contributed by atoms with Gasteiger partial charge in [-0.2, -0.15) is 0 Å². The Bertz CT molecular complexity index is 594. The van der Waals surface area contributed by atoms with E-state index in [0.29, 0.717) is 0 Å². The van der Waals surface area contributed by atoms with Crippen molar-refractivity contribution in [3.63, 3.8) is 0 Å². The van der Waals surface area contributed by atoms with Gasteiger partial charge in [0.2, 0.25) is 0 Å². The highest BCUT2D eigenvalue weighted by atomic mass is 32.2. The molecular weight excluding hydrogens is 232 g/mol. The van der Waals surface area contributed by atoms with Gasteiger partial charge in [0.1, 0.15) is 0 Å². The van der Waals surface area contributed by atoms with E-state index in [1.165, 1.54) is 11.6 Å². The van der Waals surface area contributed by atoms with Crippen LogP contribution < -0.4 is 5.56 Å². The number of nitrogens with zero attached hydrogens (tertiary/aromatic N) is 2. The van der Waals surface area contributed by atoms with Crippen molar-refractivity contribution < 1.29 is 0 Å². The zero-order valence-corrected chi connectivity index (χ0v) is 10.2. The molecule has 0 amide bonds. The highest BCUT2D eigenvalue weighted by Gasteiger charge is 2.32. The second-order valence-corrected chi connectivity index (χ2v) is 5.23. The van der Waals surface area contributed by atoms with Crippen LogP contribution in [-0.4, -0.2) is 9.55 Å². The first-order valence-corrected chi connectivity index (χ1v) is 6.44. The molecule has 0 N–H and O–H groups in total. The largest absolute Gasteiger partial charge is 0.283 e. The molecule has 2 aromatic rings. The highest BCUT2D eigenvalue weighted by Crippen LogP contribution is 2.47. The molecule has 0 bridgehead atoms. The van der Waals surface area contributed by atoms with E-state index in [1.807, 2.05) is 18.2 Å². The summed E-state index contributed by atoms with van der Waals surface area (Å²) in [6.45, 7) is 2.07. The Morgan fingerprint density at radius 1 is 1.24 bits per heavy atom. The molecule has 4 heteroatoms. The normalized spacial score (nSPS) is 22.4. The van der Waals surface area contributed by atoms with Gasteiger partial charge in [-0.1, -0.05) is 42.1 Å². The molecule has 1 aliphatic rings. The summed E-state index contributed by atoms with van der Waals surface area (Å²) in [6, 6.07) is 11.9. The Labute approximate surface area is 104 Å². The summed E-state index contributed by atoms with van der Waals surface area (Å²) in [5, 5.41) is 1.10. The molecule has 1 aromatic heterocycles. The van der Waals surface area contributed by atoms with Gasteiger partial charge in [-0.25, -0.2) is 4.98 Å². The average Bonchev–Trinajstić information content (AvgIpc) is 2.69. The van der Waals surface area contributed by atoms with Crippen LogP contribution in [0.2, 0.25) is 0 Å². The molecule has 2 heterocycles. The number of hydrogen-bond donors (Lipinski definition) is 0. The zero-order chi connectivity index (χ0) is 11.8. The molecule has 1 aliphatic heterocycles. The average molecular weight is 244 g/mol. The number of benzene rings is 1. The molecule has 0 saturated carbocycles. The molecule has 2 unspecified atom stereocenters. The number of rotatable bonds is 1. The summed E-state index contributed by atoms with van der Waals surface area (Å²) in [7, 11) is 0. The predicted molar refractivity (Wildman–Crippen MR) is 68.2 cm³/mol. The van der Waals surface area contributed by atoms with Crippen LogP contribution in [0.4, 0.5) is 0 Å². The van der Waals surface area contributed by atoms with Crippen molar-refractivity contribution in [2.75, 3.05) is 0 Å². The standard InChI is InChI=1S/C13H12N2OS/c1-9-12(10-5-3-2-4-6-10)17-13-14-8-7-11(16)15(9)13/h2-9,12H,1H3. The number of fused-ring (bicyclic) bond motifs is 1. The second kappa shape index (κ2) is 4.04. The number of thioether (sulfide) groups is 1. The van der Waals surface area contributed by atoms with Crippen LogP contribution in [0.25, 0.3) is 0 Å². The van der Waals surface area contributed by atoms with Crippen LogP contribution in [0.15, 0.2) is 52.5 Å². The van der Waals surface area contributed by atoms with Gasteiger partial charge in [-0.05, 0) is 12.5 Å². The monoisotopic (exact) mass is 244 g/mol. The molecule has 0 radical (unpaired) electrons. The van der Waals surface area contributed by atoms with Crippen LogP contribution >= 0.6 is 11.8 Å². The van der Waals surface area contributed by atoms with Gasteiger partial charge < -0.3 is 0 Å². The molecule has 0 aliphatic carbocycles. The lowest BCUT2D eigenvalue weighted by Gasteiger charge is -2.15. The fourth-order valence-electron chi connectivity index (χ4n) is 2.20. The summed E-state index contributed by atoms with van der Waals surface area (Å²) < 4.78 is 1.78. The molecule has 3 rings (SSSR count). The van der Waals surface area contributed by atoms with Crippen molar-refractivity contribution in [2.24, 2.45) is 0 Å². The quantitative estimate of drug-likeness (QED) is 0.723. The van der Waals surface area contributed by atoms with Gasteiger partial charge >= 0.3 is 0 Å². The lowest BCUT2D eigenvalue weighted by atomic mass is 10.1. The van der Waals surface area contributed by atoms with Crippen molar-refractivity contribution >= 4 is 11.8 Å². The van der Waals surface area contributed by atoms with E-state index in [-0.39, 0.29) is 16.9 Å². The van der Waals surface area contributed by atoms with E-state index in [4.69, 9.17) is 0 Å². The van der Waals surface area contributed by atoms with Crippen LogP contribution in [-0.2, 0) is 0 Å². The van der Waals surface area contributed by atoms with Crippen molar-refractivity contribution in [2.45, 2.75) is 23.4 Å². The van der Waals surface area contributed by atoms with Crippen molar-refractivity contribution in [3.8, 4) is 0 Å². The third-order valence-corrected chi connectivity index (χ3v) is 4.48. The van der Waals surface area contributed by atoms with E-state index < -0.39 is 0 Å². The van der Waals surface area contributed by atoms with Gasteiger partial charge in [0, 0.05) is 12.3 Å². The minimum Gasteiger partial charge on any atom is -0.283 e. The van der Waals surface area contributed by atoms with E-state index in [0.717, 1.165) is 5.16 Å². The summed E-state index contributed by atoms with van der Waals surface area (Å²) in [6.07, 6.45) is 1.58. The Kier molecular flexibility index (Phi) is 2.52. The maximum Gasteiger partial charge on any atom is 0.254 e. The van der Waals surface area contributed by atoms with E-state index in [9.17, 15) is 4.79 Å². The molecular formula is C13H12N2OS. The first-order chi connectivity index (χ1) is 8.27. The van der Waals surface area contributed by atoms with Crippen LogP contribution in [0.3, 0.4) is 0 Å². The van der Waals surface area contributed by atoms with Gasteiger partial charge in [-0.3, -0.25) is 9.36 Å². The Hall–Kier alpha value is -1.55. The molecule has 3 nitrogen and oxygen atoms in total. The van der Waals surface area contributed by atoms with E-state index in [1.54, 1.807) is 22.5 Å². The van der Waals surface area contributed by atoms with Gasteiger partial charge in [-0.15, -0.1) is 0 Å². The first kappa shape index (κ1) is 10.6. The fourth-order valence-corrected chi connectivity index (χ4v) is 3.53.